The van der Waals surface area contributed by atoms with Gasteiger partial charge < -0.3 is 15.7 Å². The van der Waals surface area contributed by atoms with Crippen molar-refractivity contribution >= 4 is 17.3 Å². The molecule has 1 atom stereocenters. The Morgan fingerprint density at radius 3 is 2.78 bits per heavy atom. The summed E-state index contributed by atoms with van der Waals surface area (Å²) in [4.78, 5) is 23.0. The minimum atomic E-state index is -1.30. The van der Waals surface area contributed by atoms with Crippen molar-refractivity contribution in [2.45, 2.75) is 12.5 Å². The molecule has 0 saturated carbocycles. The van der Waals surface area contributed by atoms with E-state index in [0.717, 1.165) is 13.0 Å². The highest BCUT2D eigenvalue weighted by atomic mass is 16.6. The van der Waals surface area contributed by atoms with Crippen LogP contribution < -0.4 is 10.6 Å². The van der Waals surface area contributed by atoms with Crippen molar-refractivity contribution < 1.29 is 14.8 Å². The standard InChI is InChI=1S/C11H13N3O4/c12-7-3-4-13(6-7)8-1-2-9(11(15)16)10(5-8)14(17)18/h1-2,5,7H,3-4,6,12H2,(H,15,16). The zero-order chi connectivity index (χ0) is 13.3. The van der Waals surface area contributed by atoms with Crippen LogP contribution in [0.25, 0.3) is 0 Å². The summed E-state index contributed by atoms with van der Waals surface area (Å²) in [5.41, 5.74) is 5.72. The van der Waals surface area contributed by atoms with Crippen molar-refractivity contribution in [3.05, 3.63) is 33.9 Å². The third-order valence-electron chi connectivity index (χ3n) is 3.00. The first-order valence-corrected chi connectivity index (χ1v) is 5.51. The average Bonchev–Trinajstić information content (AvgIpc) is 2.75. The smallest absolute Gasteiger partial charge is 0.342 e. The number of nitrogens with two attached hydrogens (primary N) is 1. The SMILES string of the molecule is NC1CCN(c2ccc(C(=O)O)c([N+](=O)[O-])c2)C1. The highest BCUT2D eigenvalue weighted by molar-refractivity contribution is 5.93. The van der Waals surface area contributed by atoms with E-state index in [9.17, 15) is 14.9 Å². The largest absolute Gasteiger partial charge is 0.477 e. The Hall–Kier alpha value is -2.15. The third kappa shape index (κ3) is 2.25. The minimum Gasteiger partial charge on any atom is -0.477 e. The van der Waals surface area contributed by atoms with E-state index < -0.39 is 10.9 Å². The van der Waals surface area contributed by atoms with E-state index in [1.165, 1.54) is 12.1 Å². The Balaban J connectivity index is 2.37. The van der Waals surface area contributed by atoms with E-state index in [0.29, 0.717) is 12.2 Å². The van der Waals surface area contributed by atoms with Gasteiger partial charge in [-0.15, -0.1) is 0 Å². The second-order valence-corrected chi connectivity index (χ2v) is 4.26. The molecule has 1 unspecified atom stereocenters. The van der Waals surface area contributed by atoms with Crippen LogP contribution >= 0.6 is 0 Å². The molecule has 0 bridgehead atoms. The molecule has 18 heavy (non-hydrogen) atoms. The predicted molar refractivity (Wildman–Crippen MR) is 64.9 cm³/mol. The molecule has 1 aromatic rings. The van der Waals surface area contributed by atoms with Crippen LogP contribution in [0.15, 0.2) is 18.2 Å². The lowest BCUT2D eigenvalue weighted by Crippen LogP contribution is -2.26. The summed E-state index contributed by atoms with van der Waals surface area (Å²) >= 11 is 0. The number of rotatable bonds is 3. The Labute approximate surface area is 103 Å². The summed E-state index contributed by atoms with van der Waals surface area (Å²) in [7, 11) is 0. The van der Waals surface area contributed by atoms with Crippen LogP contribution in [-0.2, 0) is 0 Å². The van der Waals surface area contributed by atoms with E-state index in [1.54, 1.807) is 6.07 Å². The Kier molecular flexibility index (Phi) is 3.15. The van der Waals surface area contributed by atoms with Crippen molar-refractivity contribution in [3.8, 4) is 0 Å². The van der Waals surface area contributed by atoms with E-state index in [4.69, 9.17) is 10.8 Å². The lowest BCUT2D eigenvalue weighted by atomic mass is 10.1. The zero-order valence-electron chi connectivity index (χ0n) is 9.57. The number of nitro benzene ring substituents is 1. The average molecular weight is 251 g/mol. The molecule has 0 aromatic heterocycles. The molecular weight excluding hydrogens is 238 g/mol. The number of aromatic carboxylic acids is 1. The van der Waals surface area contributed by atoms with Gasteiger partial charge in [0.1, 0.15) is 5.56 Å². The van der Waals surface area contributed by atoms with Crippen LogP contribution in [0.4, 0.5) is 11.4 Å². The lowest BCUT2D eigenvalue weighted by molar-refractivity contribution is -0.385. The zero-order valence-corrected chi connectivity index (χ0v) is 9.57. The summed E-state index contributed by atoms with van der Waals surface area (Å²) in [5.74, 6) is -1.30. The number of anilines is 1. The fraction of sp³-hybridized carbons (Fsp3) is 0.364. The van der Waals surface area contributed by atoms with Gasteiger partial charge in [-0.05, 0) is 18.6 Å². The minimum absolute atomic E-state index is 0.0585. The Bertz CT molecular complexity index is 503. The third-order valence-corrected chi connectivity index (χ3v) is 3.00. The van der Waals surface area contributed by atoms with Gasteiger partial charge in [0.25, 0.3) is 5.69 Å². The fourth-order valence-corrected chi connectivity index (χ4v) is 2.07. The molecule has 7 heteroatoms. The van der Waals surface area contributed by atoms with Crippen molar-refractivity contribution in [2.24, 2.45) is 5.73 Å². The van der Waals surface area contributed by atoms with Crippen LogP contribution in [0.3, 0.4) is 0 Å². The van der Waals surface area contributed by atoms with Gasteiger partial charge in [0.2, 0.25) is 0 Å². The highest BCUT2D eigenvalue weighted by Gasteiger charge is 2.24. The molecule has 0 amide bonds. The summed E-state index contributed by atoms with van der Waals surface area (Å²) in [6.07, 6.45) is 0.828. The molecular formula is C11H13N3O4. The van der Waals surface area contributed by atoms with Crippen LogP contribution in [0, 0.1) is 10.1 Å². The molecule has 1 saturated heterocycles. The number of carboxylic acid groups (broad SMARTS) is 1. The molecule has 7 nitrogen and oxygen atoms in total. The van der Waals surface area contributed by atoms with E-state index in [-0.39, 0.29) is 17.3 Å². The molecule has 1 aliphatic heterocycles. The van der Waals surface area contributed by atoms with E-state index in [1.807, 2.05) is 4.90 Å². The molecule has 2 rings (SSSR count). The van der Waals surface area contributed by atoms with Gasteiger partial charge in [0.05, 0.1) is 4.92 Å². The first kappa shape index (κ1) is 12.3. The maximum atomic E-state index is 10.9. The quantitative estimate of drug-likeness (QED) is 0.608. The second kappa shape index (κ2) is 4.61. The van der Waals surface area contributed by atoms with Gasteiger partial charge in [-0.1, -0.05) is 0 Å². The lowest BCUT2D eigenvalue weighted by Gasteiger charge is -2.17. The highest BCUT2D eigenvalue weighted by Crippen LogP contribution is 2.27. The predicted octanol–water partition coefficient (Wildman–Crippen LogP) is 0.830. The summed E-state index contributed by atoms with van der Waals surface area (Å²) in [6, 6.07) is 4.19. The van der Waals surface area contributed by atoms with Crippen molar-refractivity contribution in [1.82, 2.24) is 0 Å². The molecule has 1 fully saturated rings. The molecule has 3 N–H and O–H groups in total. The van der Waals surface area contributed by atoms with E-state index >= 15 is 0 Å². The van der Waals surface area contributed by atoms with Crippen LogP contribution in [0.2, 0.25) is 0 Å². The second-order valence-electron chi connectivity index (χ2n) is 4.26. The fourth-order valence-electron chi connectivity index (χ4n) is 2.07. The van der Waals surface area contributed by atoms with Gasteiger partial charge in [0, 0.05) is 30.9 Å². The maximum absolute atomic E-state index is 10.9. The van der Waals surface area contributed by atoms with Crippen molar-refractivity contribution in [2.75, 3.05) is 18.0 Å². The number of nitrogens with zero attached hydrogens (tertiary/aromatic N) is 2. The number of carbonyl (C=O) groups is 1. The van der Waals surface area contributed by atoms with Gasteiger partial charge >= 0.3 is 5.97 Å². The molecule has 96 valence electrons. The van der Waals surface area contributed by atoms with Crippen molar-refractivity contribution in [1.29, 1.82) is 0 Å². The Morgan fingerprint density at radius 2 is 2.28 bits per heavy atom. The van der Waals surface area contributed by atoms with E-state index in [2.05, 4.69) is 0 Å². The molecule has 1 heterocycles. The van der Waals surface area contributed by atoms with Crippen LogP contribution in [0.1, 0.15) is 16.8 Å². The van der Waals surface area contributed by atoms with Crippen molar-refractivity contribution in [3.63, 3.8) is 0 Å². The first-order chi connectivity index (χ1) is 8.49. The number of nitro groups is 1. The number of hydrogen-bond donors (Lipinski definition) is 2. The molecule has 1 aliphatic rings. The number of hydrogen-bond acceptors (Lipinski definition) is 5. The molecule has 0 spiro atoms. The first-order valence-electron chi connectivity index (χ1n) is 5.51. The molecule has 0 radical (unpaired) electrons. The van der Waals surface area contributed by atoms with Gasteiger partial charge in [-0.2, -0.15) is 0 Å². The molecule has 0 aliphatic carbocycles. The number of carboxylic acids is 1. The van der Waals surface area contributed by atoms with Gasteiger partial charge in [0.15, 0.2) is 0 Å². The Morgan fingerprint density at radius 1 is 1.56 bits per heavy atom. The summed E-state index contributed by atoms with van der Waals surface area (Å²) < 4.78 is 0. The van der Waals surface area contributed by atoms with Crippen LogP contribution in [0.5, 0.6) is 0 Å². The number of benzene rings is 1. The van der Waals surface area contributed by atoms with Gasteiger partial charge in [-0.3, -0.25) is 10.1 Å². The normalized spacial score (nSPS) is 18.9. The topological polar surface area (TPSA) is 110 Å². The van der Waals surface area contributed by atoms with Gasteiger partial charge in [-0.25, -0.2) is 4.79 Å². The summed E-state index contributed by atoms with van der Waals surface area (Å²) in [6.45, 7) is 1.36. The maximum Gasteiger partial charge on any atom is 0.342 e. The molecule has 1 aromatic carbocycles. The monoisotopic (exact) mass is 251 g/mol. The summed E-state index contributed by atoms with van der Waals surface area (Å²) in [5, 5.41) is 19.7. The van der Waals surface area contributed by atoms with Crippen LogP contribution in [-0.4, -0.2) is 35.1 Å².